The van der Waals surface area contributed by atoms with Crippen LogP contribution in [0.2, 0.25) is 0 Å². The lowest BCUT2D eigenvalue weighted by molar-refractivity contribution is -0.172. The van der Waals surface area contributed by atoms with Crippen molar-refractivity contribution < 1.29 is 33.6 Å². The van der Waals surface area contributed by atoms with Gasteiger partial charge in [0.25, 0.3) is 0 Å². The van der Waals surface area contributed by atoms with Gasteiger partial charge in [0.05, 0.1) is 12.5 Å². The lowest BCUT2D eigenvalue weighted by Gasteiger charge is -2.42. The lowest BCUT2D eigenvalue weighted by atomic mass is 9.70. The fourth-order valence-electron chi connectivity index (χ4n) is 5.26. The molecule has 0 bridgehead atoms. The summed E-state index contributed by atoms with van der Waals surface area (Å²) < 4.78 is 23.6. The molecule has 0 amide bonds. The Bertz CT molecular complexity index is 716. The van der Waals surface area contributed by atoms with Gasteiger partial charge in [0.1, 0.15) is 23.9 Å². The van der Waals surface area contributed by atoms with Crippen LogP contribution in [-0.4, -0.2) is 60.4 Å². The molecule has 3 aliphatic rings. The van der Waals surface area contributed by atoms with E-state index in [-0.39, 0.29) is 42.2 Å². The summed E-state index contributed by atoms with van der Waals surface area (Å²) in [5.74, 6) is -1.13. The van der Waals surface area contributed by atoms with Crippen LogP contribution in [0.4, 0.5) is 0 Å². The van der Waals surface area contributed by atoms with Gasteiger partial charge in [0.2, 0.25) is 0 Å². The molecule has 0 radical (unpaired) electrons. The average molecular weight is 468 g/mol. The monoisotopic (exact) mass is 467 g/mol. The number of rotatable bonds is 14. The highest BCUT2D eigenvalue weighted by Gasteiger charge is 2.73. The number of carbonyl (C=O) groups is 2. The number of methoxy groups -OCH3 is 1. The van der Waals surface area contributed by atoms with E-state index in [1.807, 2.05) is 0 Å². The second-order valence-electron chi connectivity index (χ2n) is 10.1. The van der Waals surface area contributed by atoms with Gasteiger partial charge in [-0.1, -0.05) is 37.3 Å². The van der Waals surface area contributed by atoms with Gasteiger partial charge in [-0.15, -0.1) is 0 Å². The highest BCUT2D eigenvalue weighted by atomic mass is 16.6. The lowest BCUT2D eigenvalue weighted by Crippen LogP contribution is -2.59. The van der Waals surface area contributed by atoms with Gasteiger partial charge in [0.15, 0.2) is 5.72 Å². The molecule has 188 valence electrons. The third-order valence-corrected chi connectivity index (χ3v) is 7.22. The van der Waals surface area contributed by atoms with Crippen molar-refractivity contribution in [2.45, 2.75) is 114 Å². The van der Waals surface area contributed by atoms with Crippen LogP contribution in [0.3, 0.4) is 0 Å². The molecule has 2 aliphatic heterocycles. The Balaban J connectivity index is 1.45. The second kappa shape index (κ2) is 11.3. The predicted molar refractivity (Wildman–Crippen MR) is 122 cm³/mol. The van der Waals surface area contributed by atoms with E-state index in [2.05, 4.69) is 19.9 Å². The molecular formula is C25H41NO7. The Labute approximate surface area is 197 Å². The van der Waals surface area contributed by atoms with E-state index in [4.69, 9.17) is 29.8 Å². The molecule has 0 aromatic heterocycles. The number of epoxide rings is 2. The van der Waals surface area contributed by atoms with Crippen LogP contribution < -0.4 is 5.73 Å². The van der Waals surface area contributed by atoms with E-state index in [9.17, 15) is 9.59 Å². The first-order valence-electron chi connectivity index (χ1n) is 12.4. The number of carbonyl (C=O) groups excluding carboxylic acids is 1. The third-order valence-electron chi connectivity index (χ3n) is 7.22. The molecule has 2 heterocycles. The normalized spacial score (nSPS) is 34.7. The number of carboxylic acids is 1. The van der Waals surface area contributed by atoms with Gasteiger partial charge in [-0.2, -0.15) is 0 Å². The van der Waals surface area contributed by atoms with Gasteiger partial charge < -0.3 is 29.8 Å². The van der Waals surface area contributed by atoms with Gasteiger partial charge >= 0.3 is 11.9 Å². The van der Waals surface area contributed by atoms with Crippen LogP contribution in [0.15, 0.2) is 11.6 Å². The maximum atomic E-state index is 12.5. The van der Waals surface area contributed by atoms with Crippen LogP contribution in [-0.2, 0) is 28.5 Å². The summed E-state index contributed by atoms with van der Waals surface area (Å²) in [6.45, 7) is 4.75. The van der Waals surface area contributed by atoms with E-state index in [0.29, 0.717) is 25.9 Å². The number of esters is 1. The van der Waals surface area contributed by atoms with Gasteiger partial charge in [-0.25, -0.2) is 0 Å². The van der Waals surface area contributed by atoms with Crippen LogP contribution >= 0.6 is 0 Å². The summed E-state index contributed by atoms with van der Waals surface area (Å²) in [4.78, 5) is 23.1. The number of nitrogens with two attached hydrogens (primary N) is 1. The highest BCUT2D eigenvalue weighted by Crippen LogP contribution is 2.57. The minimum atomic E-state index is -0.825. The summed E-state index contributed by atoms with van der Waals surface area (Å²) in [6, 6.07) is 0. The first kappa shape index (κ1) is 26.1. The van der Waals surface area contributed by atoms with Crippen LogP contribution in [0, 0.1) is 5.92 Å². The largest absolute Gasteiger partial charge is 0.481 e. The molecule has 3 fully saturated rings. The molecule has 6 atom stereocenters. The topological polar surface area (TPSA) is 124 Å². The zero-order valence-corrected chi connectivity index (χ0v) is 20.3. The molecular weight excluding hydrogens is 426 g/mol. The van der Waals surface area contributed by atoms with Crippen LogP contribution in [0.25, 0.3) is 0 Å². The Morgan fingerprint density at radius 3 is 2.33 bits per heavy atom. The fourth-order valence-corrected chi connectivity index (χ4v) is 5.26. The summed E-state index contributed by atoms with van der Waals surface area (Å²) in [5.41, 5.74) is 6.77. The van der Waals surface area contributed by atoms with Crippen molar-refractivity contribution in [3.63, 3.8) is 0 Å². The Kier molecular flexibility index (Phi) is 8.95. The summed E-state index contributed by atoms with van der Waals surface area (Å²) >= 11 is 0. The summed E-state index contributed by atoms with van der Waals surface area (Å²) in [7, 11) is 1.64. The number of aliphatic carboxylic acids is 1. The van der Waals surface area contributed by atoms with E-state index >= 15 is 0 Å². The molecule has 0 aromatic rings. The zero-order valence-electron chi connectivity index (χ0n) is 20.3. The number of unbranched alkanes of at least 4 members (excludes halogenated alkanes) is 5. The number of ether oxygens (including phenoxy) is 4. The highest BCUT2D eigenvalue weighted by molar-refractivity contribution is 5.69. The number of hydrogen-bond acceptors (Lipinski definition) is 7. The SMILES string of the molecule is CO[C@@H]1[C@H](OC(=O)CCCCCCCCC(=O)O)CC[C@]2(CO2)[C@H]1[C@@]1(N)O[C@@H]1CC=C(C)C. The predicted octanol–water partition coefficient (Wildman–Crippen LogP) is 3.71. The quantitative estimate of drug-likeness (QED) is 0.171. The standard InChI is InChI=1S/C25H41NO7/c1-17(2)12-13-19-25(26,33-19)23-22(30-3)18(14-15-24(23)16-31-24)32-21(29)11-9-7-5-4-6-8-10-20(27)28/h12,18-19,22-23H,4-11,13-16,26H2,1-3H3,(H,27,28)/t18-,19-,22-,23+,24+,25+/m1/s1. The molecule has 8 heteroatoms. The van der Waals surface area contributed by atoms with Gasteiger partial charge in [-0.05, 0) is 46.0 Å². The second-order valence-corrected chi connectivity index (χ2v) is 10.1. The maximum absolute atomic E-state index is 12.5. The average Bonchev–Trinajstić information content (AvgIpc) is 3.67. The van der Waals surface area contributed by atoms with Crippen molar-refractivity contribution in [3.05, 3.63) is 11.6 Å². The number of hydrogen-bond donors (Lipinski definition) is 2. The van der Waals surface area contributed by atoms with Crippen LogP contribution in [0.5, 0.6) is 0 Å². The first-order valence-corrected chi connectivity index (χ1v) is 12.4. The van der Waals surface area contributed by atoms with Gasteiger partial charge in [0, 0.05) is 20.0 Å². The molecule has 1 spiro atoms. The fraction of sp³-hybridized carbons (Fsp3) is 0.840. The maximum Gasteiger partial charge on any atom is 0.306 e. The van der Waals surface area contributed by atoms with Gasteiger partial charge in [-0.3, -0.25) is 9.59 Å². The molecule has 2 saturated heterocycles. The van der Waals surface area contributed by atoms with Crippen molar-refractivity contribution in [1.29, 1.82) is 0 Å². The van der Waals surface area contributed by atoms with E-state index in [1.54, 1.807) is 7.11 Å². The Morgan fingerprint density at radius 1 is 1.12 bits per heavy atom. The molecule has 0 aromatic carbocycles. The minimum Gasteiger partial charge on any atom is -0.481 e. The molecule has 8 nitrogen and oxygen atoms in total. The Hall–Kier alpha value is -1.48. The minimum absolute atomic E-state index is 0.0823. The first-order chi connectivity index (χ1) is 15.7. The van der Waals surface area contributed by atoms with Crippen molar-refractivity contribution in [1.82, 2.24) is 0 Å². The van der Waals surface area contributed by atoms with Crippen molar-refractivity contribution >= 4 is 11.9 Å². The smallest absolute Gasteiger partial charge is 0.306 e. The summed E-state index contributed by atoms with van der Waals surface area (Å²) in [5, 5.41) is 8.66. The summed E-state index contributed by atoms with van der Waals surface area (Å²) in [6.07, 6.45) is 9.50. The molecule has 3 N–H and O–H groups in total. The van der Waals surface area contributed by atoms with Crippen LogP contribution in [0.1, 0.15) is 84.5 Å². The Morgan fingerprint density at radius 2 is 1.76 bits per heavy atom. The van der Waals surface area contributed by atoms with Crippen molar-refractivity contribution in [3.8, 4) is 0 Å². The molecule has 33 heavy (non-hydrogen) atoms. The molecule has 3 rings (SSSR count). The number of carboxylic acid groups (broad SMARTS) is 1. The number of allylic oxidation sites excluding steroid dienone is 1. The van der Waals surface area contributed by atoms with Crippen molar-refractivity contribution in [2.75, 3.05) is 13.7 Å². The molecule has 1 saturated carbocycles. The molecule has 1 aliphatic carbocycles. The van der Waals surface area contributed by atoms with E-state index in [1.165, 1.54) is 5.57 Å². The molecule has 0 unspecified atom stereocenters. The van der Waals surface area contributed by atoms with E-state index < -0.39 is 11.7 Å². The van der Waals surface area contributed by atoms with Crippen molar-refractivity contribution in [2.24, 2.45) is 11.7 Å². The van der Waals surface area contributed by atoms with E-state index in [0.717, 1.165) is 44.9 Å². The zero-order chi connectivity index (χ0) is 24.1. The third kappa shape index (κ3) is 6.78.